The summed E-state index contributed by atoms with van der Waals surface area (Å²) in [4.78, 5) is 43.8. The average Bonchev–Trinajstić information content (AvgIpc) is 3.18. The number of allylic oxidation sites excluding steroid dienone is 1. The lowest BCUT2D eigenvalue weighted by molar-refractivity contribution is -0.139. The molecule has 0 saturated heterocycles. The van der Waals surface area contributed by atoms with Crippen molar-refractivity contribution in [3.63, 3.8) is 0 Å². The minimum atomic E-state index is -0.809. The number of benzene rings is 2. The van der Waals surface area contributed by atoms with Crippen molar-refractivity contribution in [1.29, 1.82) is 0 Å². The minimum absolute atomic E-state index is 0.129. The van der Waals surface area contributed by atoms with Gasteiger partial charge in [0.15, 0.2) is 16.3 Å². The smallest absolute Gasteiger partial charge is 0.338 e. The van der Waals surface area contributed by atoms with Crippen LogP contribution in [0.2, 0.25) is 0 Å². The third-order valence-electron chi connectivity index (χ3n) is 5.92. The zero-order chi connectivity index (χ0) is 29.1. The van der Waals surface area contributed by atoms with Gasteiger partial charge in [-0.3, -0.25) is 14.2 Å². The van der Waals surface area contributed by atoms with Crippen molar-refractivity contribution >= 4 is 45.3 Å². The van der Waals surface area contributed by atoms with Gasteiger partial charge in [0, 0.05) is 17.0 Å². The predicted octanol–water partition coefficient (Wildman–Crippen LogP) is 4.28. The molecule has 9 nitrogen and oxygen atoms in total. The quantitative estimate of drug-likeness (QED) is 0.271. The van der Waals surface area contributed by atoms with Crippen molar-refractivity contribution in [2.24, 2.45) is 4.99 Å². The summed E-state index contributed by atoms with van der Waals surface area (Å²) in [5, 5.41) is 0. The Morgan fingerprint density at radius 2 is 1.90 bits per heavy atom. The van der Waals surface area contributed by atoms with Gasteiger partial charge < -0.3 is 18.9 Å². The number of nitrogens with zero attached hydrogens (tertiary/aromatic N) is 2. The number of fused-ring (bicyclic) bond motifs is 1. The Bertz CT molecular complexity index is 1690. The van der Waals surface area contributed by atoms with Crippen LogP contribution in [0.15, 0.2) is 61.9 Å². The number of ether oxygens (including phenoxy) is 4. The van der Waals surface area contributed by atoms with Gasteiger partial charge in [-0.05, 0) is 57.5 Å². The van der Waals surface area contributed by atoms with Crippen LogP contribution in [-0.2, 0) is 14.3 Å². The van der Waals surface area contributed by atoms with E-state index in [0.717, 1.165) is 0 Å². The highest BCUT2D eigenvalue weighted by Crippen LogP contribution is 2.37. The largest absolute Gasteiger partial charge is 0.493 e. The van der Waals surface area contributed by atoms with Crippen molar-refractivity contribution in [3.05, 3.63) is 83.0 Å². The normalized spacial score (nSPS) is 15.0. The van der Waals surface area contributed by atoms with E-state index in [1.807, 2.05) is 38.1 Å². The molecule has 3 aromatic rings. The summed E-state index contributed by atoms with van der Waals surface area (Å²) in [6.07, 6.45) is 1.57. The Morgan fingerprint density at radius 1 is 1.18 bits per heavy atom. The summed E-state index contributed by atoms with van der Waals surface area (Å²) in [5.74, 6) is 0.103. The third kappa shape index (κ3) is 5.90. The Balaban J connectivity index is 1.96. The maximum absolute atomic E-state index is 14.0. The molecule has 1 atom stereocenters. The molecule has 0 saturated carbocycles. The van der Waals surface area contributed by atoms with Crippen molar-refractivity contribution < 1.29 is 28.5 Å². The van der Waals surface area contributed by atoms with Crippen LogP contribution < -0.4 is 29.1 Å². The van der Waals surface area contributed by atoms with Crippen molar-refractivity contribution in [3.8, 4) is 17.2 Å². The molecule has 0 unspecified atom stereocenters. The number of carbonyl (C=O) groups is 2. The Kier molecular flexibility index (Phi) is 8.95. The maximum Gasteiger partial charge on any atom is 0.338 e. The molecule has 0 bridgehead atoms. The average molecular weight is 630 g/mol. The van der Waals surface area contributed by atoms with Gasteiger partial charge >= 0.3 is 11.9 Å². The van der Waals surface area contributed by atoms with Crippen LogP contribution in [0.1, 0.15) is 51.8 Å². The van der Waals surface area contributed by atoms with Gasteiger partial charge in [0.2, 0.25) is 0 Å². The zero-order valence-electron chi connectivity index (χ0n) is 22.9. The standard InChI is InChI=1S/C29H29BrN2O7S/c1-7-37-28(35)25-16(4)31-29-32(26(25)19-10-8-9-11-21(19)38-15(2)3)27(34)24(40-29)13-18-12-22(36-6)23(14-20(18)30)39-17(5)33/h8-15,26H,7H2,1-6H3/b24-13+/t26-/m1/s1. The van der Waals surface area contributed by atoms with Crippen molar-refractivity contribution in [1.82, 2.24) is 4.57 Å². The molecule has 0 radical (unpaired) electrons. The first-order valence-corrected chi connectivity index (χ1v) is 14.2. The Morgan fingerprint density at radius 3 is 2.55 bits per heavy atom. The maximum atomic E-state index is 14.0. The first kappa shape index (κ1) is 29.3. The highest BCUT2D eigenvalue weighted by molar-refractivity contribution is 9.10. The van der Waals surface area contributed by atoms with E-state index in [9.17, 15) is 14.4 Å². The van der Waals surface area contributed by atoms with Gasteiger partial charge in [0.25, 0.3) is 5.56 Å². The van der Waals surface area contributed by atoms with Crippen LogP contribution in [0, 0.1) is 0 Å². The van der Waals surface area contributed by atoms with E-state index in [1.54, 1.807) is 32.1 Å². The molecule has 210 valence electrons. The van der Waals surface area contributed by atoms with Gasteiger partial charge in [0.1, 0.15) is 11.8 Å². The van der Waals surface area contributed by atoms with Crippen LogP contribution in [0.4, 0.5) is 0 Å². The number of hydrogen-bond acceptors (Lipinski definition) is 9. The number of thiazole rings is 1. The molecule has 2 aromatic carbocycles. The Labute approximate surface area is 243 Å². The molecule has 0 aliphatic carbocycles. The first-order chi connectivity index (χ1) is 19.0. The monoisotopic (exact) mass is 628 g/mol. The number of rotatable bonds is 8. The van der Waals surface area contributed by atoms with Gasteiger partial charge in [-0.25, -0.2) is 9.79 Å². The highest BCUT2D eigenvalue weighted by Gasteiger charge is 2.35. The molecular weight excluding hydrogens is 600 g/mol. The lowest BCUT2D eigenvalue weighted by Crippen LogP contribution is -2.40. The van der Waals surface area contributed by atoms with Crippen molar-refractivity contribution in [2.75, 3.05) is 13.7 Å². The van der Waals surface area contributed by atoms with Crippen LogP contribution in [0.25, 0.3) is 6.08 Å². The second-order valence-electron chi connectivity index (χ2n) is 9.12. The molecule has 11 heteroatoms. The van der Waals surface area contributed by atoms with E-state index >= 15 is 0 Å². The number of methoxy groups -OCH3 is 1. The fraction of sp³-hybridized carbons (Fsp3) is 0.310. The molecule has 4 rings (SSSR count). The lowest BCUT2D eigenvalue weighted by Gasteiger charge is -2.26. The van der Waals surface area contributed by atoms with E-state index in [0.29, 0.717) is 42.1 Å². The number of esters is 2. The molecule has 0 spiro atoms. The molecule has 0 fully saturated rings. The minimum Gasteiger partial charge on any atom is -0.493 e. The molecule has 2 heterocycles. The molecule has 0 amide bonds. The van der Waals surface area contributed by atoms with Crippen LogP contribution in [0.5, 0.6) is 17.2 Å². The topological polar surface area (TPSA) is 105 Å². The molecule has 40 heavy (non-hydrogen) atoms. The number of hydrogen-bond donors (Lipinski definition) is 0. The number of carbonyl (C=O) groups excluding carboxylic acids is 2. The van der Waals surface area contributed by atoms with E-state index in [2.05, 4.69) is 20.9 Å². The van der Waals surface area contributed by atoms with Gasteiger partial charge in [-0.15, -0.1) is 0 Å². The highest BCUT2D eigenvalue weighted by atomic mass is 79.9. The van der Waals surface area contributed by atoms with Gasteiger partial charge in [-0.1, -0.05) is 45.5 Å². The molecule has 0 N–H and O–H groups in total. The predicted molar refractivity (Wildman–Crippen MR) is 155 cm³/mol. The molecule has 1 aromatic heterocycles. The lowest BCUT2D eigenvalue weighted by atomic mass is 9.95. The number of aromatic nitrogens is 1. The second kappa shape index (κ2) is 12.2. The fourth-order valence-corrected chi connectivity index (χ4v) is 5.82. The Hall–Kier alpha value is -3.70. The number of halogens is 1. The number of para-hydroxylation sites is 1. The third-order valence-corrected chi connectivity index (χ3v) is 7.59. The molecular formula is C29H29BrN2O7S. The zero-order valence-corrected chi connectivity index (χ0v) is 25.3. The first-order valence-electron chi connectivity index (χ1n) is 12.6. The van der Waals surface area contributed by atoms with Crippen LogP contribution in [-0.4, -0.2) is 36.3 Å². The molecule has 1 aliphatic heterocycles. The van der Waals surface area contributed by atoms with Crippen LogP contribution in [0.3, 0.4) is 0 Å². The summed E-state index contributed by atoms with van der Waals surface area (Å²) in [6.45, 7) is 8.76. The SMILES string of the molecule is CCOC(=O)C1=C(C)N=c2s/c(=C/c3cc(OC)c(OC(C)=O)cc3Br)c(=O)n2[C@@H]1c1ccccc1OC(C)C. The summed E-state index contributed by atoms with van der Waals surface area (Å²) in [7, 11) is 1.46. The summed E-state index contributed by atoms with van der Waals surface area (Å²) < 4.78 is 24.6. The summed E-state index contributed by atoms with van der Waals surface area (Å²) in [6, 6.07) is 9.80. The van der Waals surface area contributed by atoms with E-state index in [1.165, 1.54) is 29.9 Å². The van der Waals surface area contributed by atoms with Gasteiger partial charge in [0.05, 0.1) is 35.6 Å². The van der Waals surface area contributed by atoms with E-state index in [4.69, 9.17) is 18.9 Å². The molecule has 1 aliphatic rings. The summed E-state index contributed by atoms with van der Waals surface area (Å²) in [5.41, 5.74) is 1.67. The van der Waals surface area contributed by atoms with E-state index < -0.39 is 18.0 Å². The van der Waals surface area contributed by atoms with Gasteiger partial charge in [-0.2, -0.15) is 0 Å². The van der Waals surface area contributed by atoms with Crippen molar-refractivity contribution in [2.45, 2.75) is 46.8 Å². The fourth-order valence-electron chi connectivity index (χ4n) is 4.35. The van der Waals surface area contributed by atoms with E-state index in [-0.39, 0.29) is 29.6 Å². The summed E-state index contributed by atoms with van der Waals surface area (Å²) >= 11 is 4.70. The van der Waals surface area contributed by atoms with Crippen LogP contribution >= 0.6 is 27.3 Å². The second-order valence-corrected chi connectivity index (χ2v) is 11.0.